The van der Waals surface area contributed by atoms with Crippen LogP contribution in [0, 0.1) is 5.92 Å². The first-order chi connectivity index (χ1) is 6.65. The van der Waals surface area contributed by atoms with Gasteiger partial charge < -0.3 is 15.4 Å². The summed E-state index contributed by atoms with van der Waals surface area (Å²) in [5.74, 6) is 0.544. The van der Waals surface area contributed by atoms with Crippen LogP contribution in [0.4, 0.5) is 0 Å². The van der Waals surface area contributed by atoms with Crippen LogP contribution in [0.2, 0.25) is 0 Å². The van der Waals surface area contributed by atoms with Crippen molar-refractivity contribution in [3.63, 3.8) is 0 Å². The monoisotopic (exact) mass is 200 g/mol. The van der Waals surface area contributed by atoms with Crippen LogP contribution < -0.4 is 5.73 Å². The number of rotatable bonds is 3. The maximum atomic E-state index is 11.6. The van der Waals surface area contributed by atoms with Crippen molar-refractivity contribution in [2.75, 3.05) is 26.8 Å². The molecule has 4 nitrogen and oxygen atoms in total. The molecule has 0 radical (unpaired) electrons. The van der Waals surface area contributed by atoms with E-state index >= 15 is 0 Å². The van der Waals surface area contributed by atoms with E-state index in [1.54, 1.807) is 14.0 Å². The maximum Gasteiger partial charge on any atom is 0.239 e. The summed E-state index contributed by atoms with van der Waals surface area (Å²) >= 11 is 0. The highest BCUT2D eigenvalue weighted by molar-refractivity contribution is 5.81. The number of nitrogens with two attached hydrogens (primary N) is 1. The second-order valence-electron chi connectivity index (χ2n) is 4.04. The van der Waals surface area contributed by atoms with Crippen molar-refractivity contribution in [3.05, 3.63) is 0 Å². The van der Waals surface area contributed by atoms with E-state index in [1.165, 1.54) is 0 Å². The largest absolute Gasteiger partial charge is 0.384 e. The SMILES string of the molecule is COCC1CCCN(C(=O)C(C)N)C1. The third-order valence-corrected chi connectivity index (χ3v) is 2.62. The van der Waals surface area contributed by atoms with E-state index in [0.29, 0.717) is 5.92 Å². The molecule has 4 heteroatoms. The molecule has 1 rings (SSSR count). The lowest BCUT2D eigenvalue weighted by molar-refractivity contribution is -0.134. The standard InChI is InChI=1S/C10H20N2O2/c1-8(11)10(13)12-5-3-4-9(6-12)7-14-2/h8-9H,3-7,11H2,1-2H3. The molecule has 0 aliphatic carbocycles. The van der Waals surface area contributed by atoms with Gasteiger partial charge in [0.2, 0.25) is 5.91 Å². The first kappa shape index (κ1) is 11.5. The Labute approximate surface area is 85.4 Å². The molecule has 0 saturated carbocycles. The van der Waals surface area contributed by atoms with Crippen LogP contribution in [0.3, 0.4) is 0 Å². The quantitative estimate of drug-likeness (QED) is 0.709. The summed E-state index contributed by atoms with van der Waals surface area (Å²) in [5.41, 5.74) is 5.56. The topological polar surface area (TPSA) is 55.6 Å². The van der Waals surface area contributed by atoms with Gasteiger partial charge in [0.25, 0.3) is 0 Å². The molecule has 2 N–H and O–H groups in total. The minimum atomic E-state index is -0.378. The lowest BCUT2D eigenvalue weighted by atomic mass is 9.98. The van der Waals surface area contributed by atoms with E-state index in [0.717, 1.165) is 32.5 Å². The summed E-state index contributed by atoms with van der Waals surface area (Å²) < 4.78 is 5.10. The van der Waals surface area contributed by atoms with Crippen LogP contribution in [-0.4, -0.2) is 43.7 Å². The van der Waals surface area contributed by atoms with Gasteiger partial charge >= 0.3 is 0 Å². The van der Waals surface area contributed by atoms with E-state index < -0.39 is 0 Å². The van der Waals surface area contributed by atoms with Crippen molar-refractivity contribution in [1.29, 1.82) is 0 Å². The van der Waals surface area contributed by atoms with Crippen LogP contribution in [0.1, 0.15) is 19.8 Å². The maximum absolute atomic E-state index is 11.6. The Morgan fingerprint density at radius 1 is 1.71 bits per heavy atom. The molecule has 2 unspecified atom stereocenters. The fraction of sp³-hybridized carbons (Fsp3) is 0.900. The van der Waals surface area contributed by atoms with Crippen LogP contribution in [0.15, 0.2) is 0 Å². The summed E-state index contributed by atoms with van der Waals surface area (Å²) in [7, 11) is 1.70. The predicted molar refractivity (Wildman–Crippen MR) is 54.8 cm³/mol. The van der Waals surface area contributed by atoms with E-state index in [1.807, 2.05) is 4.90 Å². The van der Waals surface area contributed by atoms with Gasteiger partial charge in [0.05, 0.1) is 12.6 Å². The number of hydrogen-bond donors (Lipinski definition) is 1. The Morgan fingerprint density at radius 2 is 2.43 bits per heavy atom. The molecule has 0 spiro atoms. The van der Waals surface area contributed by atoms with Crippen molar-refractivity contribution in [2.24, 2.45) is 11.7 Å². The molecular weight excluding hydrogens is 180 g/mol. The zero-order chi connectivity index (χ0) is 10.6. The van der Waals surface area contributed by atoms with Gasteiger partial charge in [-0.05, 0) is 25.7 Å². The number of hydrogen-bond acceptors (Lipinski definition) is 3. The minimum Gasteiger partial charge on any atom is -0.384 e. The third-order valence-electron chi connectivity index (χ3n) is 2.62. The number of methoxy groups -OCH3 is 1. The number of carbonyl (C=O) groups is 1. The summed E-state index contributed by atoms with van der Waals surface area (Å²) in [6.07, 6.45) is 2.21. The zero-order valence-electron chi connectivity index (χ0n) is 9.03. The van der Waals surface area contributed by atoms with Gasteiger partial charge in [0, 0.05) is 20.2 Å². The first-order valence-electron chi connectivity index (χ1n) is 5.18. The Hall–Kier alpha value is -0.610. The van der Waals surface area contributed by atoms with E-state index in [-0.39, 0.29) is 11.9 Å². The molecule has 0 aromatic heterocycles. The highest BCUT2D eigenvalue weighted by atomic mass is 16.5. The lowest BCUT2D eigenvalue weighted by Gasteiger charge is -2.33. The molecule has 1 aliphatic heterocycles. The molecule has 0 aromatic rings. The van der Waals surface area contributed by atoms with Gasteiger partial charge in [-0.1, -0.05) is 0 Å². The number of piperidine rings is 1. The second-order valence-corrected chi connectivity index (χ2v) is 4.04. The molecule has 0 aromatic carbocycles. The van der Waals surface area contributed by atoms with Gasteiger partial charge in [0.15, 0.2) is 0 Å². The van der Waals surface area contributed by atoms with Crippen molar-refractivity contribution >= 4 is 5.91 Å². The van der Waals surface area contributed by atoms with E-state index in [9.17, 15) is 4.79 Å². The Bertz CT molecular complexity index is 193. The minimum absolute atomic E-state index is 0.0609. The molecule has 1 amide bonds. The van der Waals surface area contributed by atoms with Crippen LogP contribution >= 0.6 is 0 Å². The fourth-order valence-corrected chi connectivity index (χ4v) is 1.92. The Kier molecular flexibility index (Phi) is 4.35. The molecular formula is C10H20N2O2. The van der Waals surface area contributed by atoms with Crippen molar-refractivity contribution in [1.82, 2.24) is 4.90 Å². The van der Waals surface area contributed by atoms with Gasteiger partial charge in [-0.2, -0.15) is 0 Å². The molecule has 82 valence electrons. The highest BCUT2D eigenvalue weighted by Gasteiger charge is 2.24. The van der Waals surface area contributed by atoms with Gasteiger partial charge in [-0.25, -0.2) is 0 Å². The second kappa shape index (κ2) is 5.32. The molecule has 1 fully saturated rings. The summed E-state index contributed by atoms with van der Waals surface area (Å²) in [6, 6.07) is -0.378. The van der Waals surface area contributed by atoms with Gasteiger partial charge in [0.1, 0.15) is 0 Å². The van der Waals surface area contributed by atoms with Crippen LogP contribution in [0.25, 0.3) is 0 Å². The molecule has 1 saturated heterocycles. The molecule has 1 aliphatic rings. The summed E-state index contributed by atoms with van der Waals surface area (Å²) in [5, 5.41) is 0. The van der Waals surface area contributed by atoms with Crippen LogP contribution in [-0.2, 0) is 9.53 Å². The molecule has 14 heavy (non-hydrogen) atoms. The van der Waals surface area contributed by atoms with Gasteiger partial charge in [-0.15, -0.1) is 0 Å². The van der Waals surface area contributed by atoms with Gasteiger partial charge in [-0.3, -0.25) is 4.79 Å². The predicted octanol–water partition coefficient (Wildman–Crippen LogP) is 0.219. The van der Waals surface area contributed by atoms with Crippen molar-refractivity contribution in [3.8, 4) is 0 Å². The highest BCUT2D eigenvalue weighted by Crippen LogP contribution is 2.16. The zero-order valence-corrected chi connectivity index (χ0v) is 9.03. The number of carbonyl (C=O) groups excluding carboxylic acids is 1. The number of ether oxygens (including phenoxy) is 1. The smallest absolute Gasteiger partial charge is 0.239 e. The Morgan fingerprint density at radius 3 is 3.00 bits per heavy atom. The number of likely N-dealkylation sites (tertiary alicyclic amines) is 1. The van der Waals surface area contributed by atoms with Crippen molar-refractivity contribution in [2.45, 2.75) is 25.8 Å². The fourth-order valence-electron chi connectivity index (χ4n) is 1.92. The lowest BCUT2D eigenvalue weighted by Crippen LogP contribution is -2.47. The van der Waals surface area contributed by atoms with E-state index in [4.69, 9.17) is 10.5 Å². The summed E-state index contributed by atoms with van der Waals surface area (Å²) in [4.78, 5) is 13.5. The number of nitrogens with zero attached hydrogens (tertiary/aromatic N) is 1. The average molecular weight is 200 g/mol. The van der Waals surface area contributed by atoms with Crippen LogP contribution in [0.5, 0.6) is 0 Å². The van der Waals surface area contributed by atoms with Crippen molar-refractivity contribution < 1.29 is 9.53 Å². The first-order valence-corrected chi connectivity index (χ1v) is 5.18. The average Bonchev–Trinajstić information content (AvgIpc) is 2.17. The van der Waals surface area contributed by atoms with E-state index in [2.05, 4.69) is 0 Å². The molecule has 2 atom stereocenters. The normalized spacial score (nSPS) is 24.8. The molecule has 0 bridgehead atoms. The Balaban J connectivity index is 2.43. The third kappa shape index (κ3) is 2.96. The molecule has 1 heterocycles. The number of amides is 1. The summed E-state index contributed by atoms with van der Waals surface area (Å²) in [6.45, 7) is 4.12.